The molecule has 0 spiro atoms. The molecule has 0 aliphatic rings. The monoisotopic (exact) mass is 559 g/mol. The number of rotatable bonds is 9. The van der Waals surface area contributed by atoms with Gasteiger partial charge in [-0.15, -0.1) is 0 Å². The van der Waals surface area contributed by atoms with Gasteiger partial charge in [0, 0.05) is 11.1 Å². The van der Waals surface area contributed by atoms with Gasteiger partial charge in [-0.2, -0.15) is 4.98 Å². The summed E-state index contributed by atoms with van der Waals surface area (Å²) in [4.78, 5) is 17.0. The van der Waals surface area contributed by atoms with Crippen LogP contribution in [0.3, 0.4) is 0 Å². The summed E-state index contributed by atoms with van der Waals surface area (Å²) in [6.07, 6.45) is 0. The maximum absolute atomic E-state index is 13.3. The number of sulfonamides is 1. The number of imidazole rings is 1. The van der Waals surface area contributed by atoms with E-state index in [-0.39, 0.29) is 10.8 Å². The molecule has 2 aromatic heterocycles. The van der Waals surface area contributed by atoms with E-state index in [1.807, 2.05) is 54.8 Å². The number of aromatic nitrogens is 3. The first-order valence-corrected chi connectivity index (χ1v) is 14.2. The Labute approximate surface area is 231 Å². The van der Waals surface area contributed by atoms with Crippen LogP contribution < -0.4 is 15.2 Å². The Bertz CT molecular complexity index is 1840. The number of primary amides is 1. The summed E-state index contributed by atoms with van der Waals surface area (Å²) in [5.41, 5.74) is 11.5. The average Bonchev–Trinajstić information content (AvgIpc) is 3.43. The molecule has 0 unspecified atom stereocenters. The Morgan fingerprint density at radius 1 is 1.05 bits per heavy atom. The number of benzene rings is 3. The number of hydrogen-bond acceptors (Lipinski definition) is 7. The molecule has 0 atom stereocenters. The van der Waals surface area contributed by atoms with E-state index in [2.05, 4.69) is 14.9 Å². The summed E-state index contributed by atoms with van der Waals surface area (Å²) in [6, 6.07) is 18.3. The molecule has 0 radical (unpaired) electrons. The molecule has 0 aliphatic carbocycles. The Kier molecular flexibility index (Phi) is 7.07. The van der Waals surface area contributed by atoms with Crippen LogP contribution in [0.4, 0.5) is 5.88 Å². The van der Waals surface area contributed by atoms with Crippen LogP contribution >= 0.6 is 0 Å². The van der Waals surface area contributed by atoms with Crippen LogP contribution in [0.25, 0.3) is 22.2 Å². The number of nitrogens with two attached hydrogens (primary N) is 1. The van der Waals surface area contributed by atoms with Gasteiger partial charge in [0.25, 0.3) is 21.9 Å². The molecule has 5 rings (SSSR count). The van der Waals surface area contributed by atoms with Crippen molar-refractivity contribution >= 4 is 32.8 Å². The molecule has 5 aromatic rings. The summed E-state index contributed by atoms with van der Waals surface area (Å²) in [7, 11) is -3.96. The maximum Gasteiger partial charge on any atom is 0.297 e. The van der Waals surface area contributed by atoms with Gasteiger partial charge in [0.1, 0.15) is 0 Å². The lowest BCUT2D eigenvalue weighted by atomic mass is 10.0. The SMILES string of the molecule is CCOc1nc2ccc(C)c(C(N)=O)c2n1Cc1ccc(-c2ccccc2S(=O)(=O)Nc2onc(C)c2C)cc1. The Hall–Kier alpha value is -4.64. The molecule has 40 heavy (non-hydrogen) atoms. The number of nitrogens with zero attached hydrogens (tertiary/aromatic N) is 3. The largest absolute Gasteiger partial charge is 0.465 e. The van der Waals surface area contributed by atoms with Crippen molar-refractivity contribution in [1.82, 2.24) is 14.7 Å². The molecule has 2 heterocycles. The van der Waals surface area contributed by atoms with E-state index in [1.165, 1.54) is 0 Å². The van der Waals surface area contributed by atoms with Crippen LogP contribution in [0.2, 0.25) is 0 Å². The van der Waals surface area contributed by atoms with E-state index in [0.29, 0.717) is 58.1 Å². The molecule has 0 saturated carbocycles. The zero-order chi connectivity index (χ0) is 28.6. The van der Waals surface area contributed by atoms with E-state index in [4.69, 9.17) is 15.0 Å². The van der Waals surface area contributed by atoms with Crippen LogP contribution in [-0.4, -0.2) is 35.6 Å². The molecule has 11 heteroatoms. The number of fused-ring (bicyclic) bond motifs is 1. The molecule has 206 valence electrons. The lowest BCUT2D eigenvalue weighted by molar-refractivity contribution is 0.100. The van der Waals surface area contributed by atoms with E-state index in [1.54, 1.807) is 38.1 Å². The van der Waals surface area contributed by atoms with Crippen LogP contribution in [-0.2, 0) is 16.6 Å². The minimum atomic E-state index is -3.96. The van der Waals surface area contributed by atoms with Gasteiger partial charge >= 0.3 is 0 Å². The van der Waals surface area contributed by atoms with E-state index in [0.717, 1.165) is 11.1 Å². The second-order valence-electron chi connectivity index (χ2n) is 9.42. The van der Waals surface area contributed by atoms with E-state index < -0.39 is 15.9 Å². The third-order valence-corrected chi connectivity index (χ3v) is 8.16. The Morgan fingerprint density at radius 2 is 1.77 bits per heavy atom. The van der Waals surface area contributed by atoms with Crippen molar-refractivity contribution in [2.75, 3.05) is 11.3 Å². The highest BCUT2D eigenvalue weighted by Gasteiger charge is 2.23. The third kappa shape index (κ3) is 4.91. The van der Waals surface area contributed by atoms with E-state index in [9.17, 15) is 13.2 Å². The van der Waals surface area contributed by atoms with Crippen LogP contribution in [0, 0.1) is 20.8 Å². The standard InChI is InChI=1S/C29H29N5O5S/c1-5-38-29-31-23-15-10-17(2)25(27(30)35)26(23)34(29)16-20-11-13-21(14-12-20)22-8-6-7-9-24(22)40(36,37)33-28-18(3)19(4)32-39-28/h6-15,33H,5,16H2,1-4H3,(H2,30,35). The van der Waals surface area contributed by atoms with Crippen molar-refractivity contribution in [3.63, 3.8) is 0 Å². The van der Waals surface area contributed by atoms with Crippen LogP contribution in [0.1, 0.15) is 39.7 Å². The molecule has 0 bridgehead atoms. The molecule has 10 nitrogen and oxygen atoms in total. The Morgan fingerprint density at radius 3 is 2.42 bits per heavy atom. The average molecular weight is 560 g/mol. The van der Waals surface area contributed by atoms with Crippen molar-refractivity contribution in [2.24, 2.45) is 5.73 Å². The fourth-order valence-corrected chi connectivity index (χ4v) is 5.88. The summed E-state index contributed by atoms with van der Waals surface area (Å²) in [5.74, 6) is -0.448. The smallest absolute Gasteiger partial charge is 0.297 e. The van der Waals surface area contributed by atoms with Gasteiger partial charge in [-0.3, -0.25) is 9.36 Å². The predicted octanol–water partition coefficient (Wildman–Crippen LogP) is 4.96. The molecular weight excluding hydrogens is 530 g/mol. The molecule has 0 aliphatic heterocycles. The van der Waals surface area contributed by atoms with Crippen molar-refractivity contribution in [3.05, 3.63) is 88.6 Å². The number of carbonyl (C=O) groups is 1. The molecular formula is C29H29N5O5S. The van der Waals surface area contributed by atoms with Gasteiger partial charge in [-0.25, -0.2) is 13.1 Å². The predicted molar refractivity (Wildman–Crippen MR) is 152 cm³/mol. The maximum atomic E-state index is 13.3. The summed E-state index contributed by atoms with van der Waals surface area (Å²) >= 11 is 0. The minimum absolute atomic E-state index is 0.0888. The van der Waals surface area contributed by atoms with Gasteiger partial charge in [-0.1, -0.05) is 53.7 Å². The number of ether oxygens (including phenoxy) is 1. The number of aryl methyl sites for hydroxylation is 2. The van der Waals surface area contributed by atoms with Gasteiger partial charge in [0.2, 0.25) is 5.88 Å². The zero-order valence-corrected chi connectivity index (χ0v) is 23.4. The first-order chi connectivity index (χ1) is 19.1. The summed E-state index contributed by atoms with van der Waals surface area (Å²) in [6.45, 7) is 7.94. The highest BCUT2D eigenvalue weighted by atomic mass is 32.2. The zero-order valence-electron chi connectivity index (χ0n) is 22.6. The fraction of sp³-hybridized carbons (Fsp3) is 0.207. The topological polar surface area (TPSA) is 142 Å². The van der Waals surface area contributed by atoms with Gasteiger partial charge in [-0.05, 0) is 56.5 Å². The first-order valence-electron chi connectivity index (χ1n) is 12.7. The molecule has 3 N–H and O–H groups in total. The number of hydrogen-bond donors (Lipinski definition) is 2. The second-order valence-corrected chi connectivity index (χ2v) is 11.1. The van der Waals surface area contributed by atoms with E-state index >= 15 is 0 Å². The summed E-state index contributed by atoms with van der Waals surface area (Å²) < 4.78 is 41.9. The third-order valence-electron chi connectivity index (χ3n) is 6.77. The van der Waals surface area contributed by atoms with Gasteiger partial charge in [0.15, 0.2) is 0 Å². The second kappa shape index (κ2) is 10.5. The first kappa shape index (κ1) is 26.9. The lowest BCUT2D eigenvalue weighted by Gasteiger charge is -2.14. The van der Waals surface area contributed by atoms with Gasteiger partial charge in [0.05, 0.1) is 40.3 Å². The lowest BCUT2D eigenvalue weighted by Crippen LogP contribution is -2.15. The highest BCUT2D eigenvalue weighted by Crippen LogP contribution is 2.32. The molecule has 0 saturated heterocycles. The quantitative estimate of drug-likeness (QED) is 0.260. The normalized spacial score (nSPS) is 11.6. The molecule has 3 aromatic carbocycles. The number of nitrogens with one attached hydrogen (secondary N) is 1. The van der Waals surface area contributed by atoms with Crippen molar-refractivity contribution < 1.29 is 22.5 Å². The molecule has 1 amide bonds. The van der Waals surface area contributed by atoms with Crippen molar-refractivity contribution in [3.8, 4) is 17.1 Å². The van der Waals surface area contributed by atoms with Crippen molar-refractivity contribution in [2.45, 2.75) is 39.1 Å². The minimum Gasteiger partial charge on any atom is -0.465 e. The van der Waals surface area contributed by atoms with Crippen LogP contribution in [0.5, 0.6) is 6.01 Å². The number of anilines is 1. The summed E-state index contributed by atoms with van der Waals surface area (Å²) in [5, 5.41) is 3.83. The van der Waals surface area contributed by atoms with Crippen LogP contribution in [0.15, 0.2) is 70.1 Å². The highest BCUT2D eigenvalue weighted by molar-refractivity contribution is 7.92. The van der Waals surface area contributed by atoms with Crippen molar-refractivity contribution in [1.29, 1.82) is 0 Å². The number of carbonyl (C=O) groups excluding carboxylic acids is 1. The molecule has 0 fully saturated rings. The number of amides is 1. The van der Waals surface area contributed by atoms with Gasteiger partial charge < -0.3 is 15.0 Å². The fourth-order valence-electron chi connectivity index (χ4n) is 4.60. The Balaban J connectivity index is 1.50.